The topological polar surface area (TPSA) is 63.1 Å². The molecule has 1 saturated heterocycles. The Morgan fingerprint density at radius 3 is 2.50 bits per heavy atom. The zero-order chi connectivity index (χ0) is 17.1. The molecule has 6 heteroatoms. The quantitative estimate of drug-likeness (QED) is 0.923. The van der Waals surface area contributed by atoms with Gasteiger partial charge in [-0.25, -0.2) is 14.5 Å². The number of carbonyl (C=O) groups is 1. The molecule has 0 spiro atoms. The van der Waals surface area contributed by atoms with Crippen molar-refractivity contribution in [1.29, 1.82) is 0 Å². The SMILES string of the molecule is Cc1cc(C)n(-c2ccc(NC(=O)N3CC4C(C3)C4(C)C)cn2)n1. The molecule has 2 fully saturated rings. The average Bonchev–Trinajstić information content (AvgIpc) is 2.93. The summed E-state index contributed by atoms with van der Waals surface area (Å²) < 4.78 is 1.80. The zero-order valence-electron chi connectivity index (χ0n) is 14.6. The number of rotatable bonds is 2. The van der Waals surface area contributed by atoms with Gasteiger partial charge in [-0.1, -0.05) is 13.8 Å². The number of hydrogen-bond acceptors (Lipinski definition) is 3. The van der Waals surface area contributed by atoms with E-state index in [4.69, 9.17) is 0 Å². The molecule has 24 heavy (non-hydrogen) atoms. The highest BCUT2D eigenvalue weighted by Crippen LogP contribution is 2.61. The normalized spacial score (nSPS) is 23.9. The van der Waals surface area contributed by atoms with Crippen LogP contribution in [-0.2, 0) is 0 Å². The number of aromatic nitrogens is 3. The summed E-state index contributed by atoms with van der Waals surface area (Å²) in [7, 11) is 0. The highest BCUT2D eigenvalue weighted by atomic mass is 16.2. The van der Waals surface area contributed by atoms with Crippen LogP contribution in [-0.4, -0.2) is 38.8 Å². The number of carbonyl (C=O) groups excluding carboxylic acids is 1. The summed E-state index contributed by atoms with van der Waals surface area (Å²) in [4.78, 5) is 18.7. The summed E-state index contributed by atoms with van der Waals surface area (Å²) in [5.74, 6) is 2.08. The first-order chi connectivity index (χ1) is 11.4. The number of piperidine rings is 1. The Morgan fingerprint density at radius 1 is 1.25 bits per heavy atom. The van der Waals surface area contributed by atoms with Crippen LogP contribution in [0.5, 0.6) is 0 Å². The van der Waals surface area contributed by atoms with E-state index in [2.05, 4.69) is 29.2 Å². The van der Waals surface area contributed by atoms with Crippen LogP contribution in [0.25, 0.3) is 5.82 Å². The molecule has 1 aliphatic carbocycles. The van der Waals surface area contributed by atoms with Crippen molar-refractivity contribution in [3.8, 4) is 5.82 Å². The van der Waals surface area contributed by atoms with Crippen molar-refractivity contribution in [2.45, 2.75) is 27.7 Å². The van der Waals surface area contributed by atoms with Crippen LogP contribution in [0.4, 0.5) is 10.5 Å². The Hall–Kier alpha value is -2.37. The standard InChI is InChI=1S/C18H23N5O/c1-11-7-12(2)23(21-11)16-6-5-13(8-19-16)20-17(24)22-9-14-15(10-22)18(14,3)4/h5-8,14-15H,9-10H2,1-4H3,(H,20,24). The molecular formula is C18H23N5O. The van der Waals surface area contributed by atoms with Crippen molar-refractivity contribution < 1.29 is 4.79 Å². The van der Waals surface area contributed by atoms with E-state index in [0.717, 1.165) is 30.3 Å². The first kappa shape index (κ1) is 15.2. The minimum Gasteiger partial charge on any atom is -0.324 e. The molecule has 1 aliphatic heterocycles. The van der Waals surface area contributed by atoms with E-state index in [9.17, 15) is 4.79 Å². The van der Waals surface area contributed by atoms with Gasteiger partial charge in [-0.2, -0.15) is 5.10 Å². The second kappa shape index (κ2) is 5.06. The van der Waals surface area contributed by atoms with Gasteiger partial charge in [-0.3, -0.25) is 0 Å². The number of likely N-dealkylation sites (tertiary alicyclic amines) is 1. The summed E-state index contributed by atoms with van der Waals surface area (Å²) in [6.07, 6.45) is 1.68. The highest BCUT2D eigenvalue weighted by Gasteiger charge is 2.62. The first-order valence-corrected chi connectivity index (χ1v) is 8.42. The lowest BCUT2D eigenvalue weighted by Crippen LogP contribution is -2.36. The van der Waals surface area contributed by atoms with Crippen LogP contribution in [0, 0.1) is 31.1 Å². The Balaban J connectivity index is 1.41. The molecule has 126 valence electrons. The molecule has 1 saturated carbocycles. The number of nitrogens with one attached hydrogen (secondary N) is 1. The smallest absolute Gasteiger partial charge is 0.321 e. The van der Waals surface area contributed by atoms with E-state index in [1.807, 2.05) is 36.9 Å². The average molecular weight is 325 g/mol. The summed E-state index contributed by atoms with van der Waals surface area (Å²) in [5, 5.41) is 7.37. The lowest BCUT2D eigenvalue weighted by Gasteiger charge is -2.22. The maximum absolute atomic E-state index is 12.4. The monoisotopic (exact) mass is 325 g/mol. The maximum atomic E-state index is 12.4. The van der Waals surface area contributed by atoms with Crippen molar-refractivity contribution >= 4 is 11.7 Å². The van der Waals surface area contributed by atoms with Gasteiger partial charge in [0, 0.05) is 18.8 Å². The number of hydrogen-bond donors (Lipinski definition) is 1. The Labute approximate surface area is 141 Å². The van der Waals surface area contributed by atoms with Crippen LogP contribution in [0.1, 0.15) is 25.2 Å². The molecule has 2 atom stereocenters. The summed E-state index contributed by atoms with van der Waals surface area (Å²) in [6.45, 7) is 10.3. The molecule has 4 rings (SSSR count). The third-order valence-corrected chi connectivity index (χ3v) is 5.64. The highest BCUT2D eigenvalue weighted by molar-refractivity contribution is 5.89. The molecule has 3 heterocycles. The molecule has 6 nitrogen and oxygen atoms in total. The number of urea groups is 1. The van der Waals surface area contributed by atoms with Gasteiger partial charge in [0.25, 0.3) is 0 Å². The van der Waals surface area contributed by atoms with Gasteiger partial charge in [0.05, 0.1) is 17.6 Å². The third-order valence-electron chi connectivity index (χ3n) is 5.64. The largest absolute Gasteiger partial charge is 0.324 e. The van der Waals surface area contributed by atoms with Crippen LogP contribution < -0.4 is 5.32 Å². The maximum Gasteiger partial charge on any atom is 0.321 e. The molecule has 2 aromatic rings. The van der Waals surface area contributed by atoms with Crippen molar-refractivity contribution in [3.05, 3.63) is 35.8 Å². The van der Waals surface area contributed by atoms with Gasteiger partial charge in [-0.05, 0) is 49.3 Å². The molecular weight excluding hydrogens is 302 g/mol. The van der Waals surface area contributed by atoms with Gasteiger partial charge in [0.1, 0.15) is 0 Å². The van der Waals surface area contributed by atoms with E-state index in [0.29, 0.717) is 22.9 Å². The number of aryl methyl sites for hydroxylation is 2. The van der Waals surface area contributed by atoms with Crippen LogP contribution in [0.3, 0.4) is 0 Å². The fraction of sp³-hybridized carbons (Fsp3) is 0.500. The lowest BCUT2D eigenvalue weighted by molar-refractivity contribution is 0.209. The number of nitrogens with zero attached hydrogens (tertiary/aromatic N) is 4. The van der Waals surface area contributed by atoms with Crippen molar-refractivity contribution in [3.63, 3.8) is 0 Å². The number of fused-ring (bicyclic) bond motifs is 1. The number of anilines is 1. The van der Waals surface area contributed by atoms with Gasteiger partial charge >= 0.3 is 6.03 Å². The van der Waals surface area contributed by atoms with Crippen LogP contribution >= 0.6 is 0 Å². The van der Waals surface area contributed by atoms with E-state index < -0.39 is 0 Å². The Morgan fingerprint density at radius 2 is 1.96 bits per heavy atom. The fourth-order valence-electron chi connectivity index (χ4n) is 3.95. The predicted octanol–water partition coefficient (Wildman–Crippen LogP) is 3.00. The molecule has 0 radical (unpaired) electrons. The molecule has 1 N–H and O–H groups in total. The Kier molecular flexibility index (Phi) is 3.20. The fourth-order valence-corrected chi connectivity index (χ4v) is 3.95. The van der Waals surface area contributed by atoms with E-state index >= 15 is 0 Å². The summed E-state index contributed by atoms with van der Waals surface area (Å²) in [5.41, 5.74) is 3.13. The summed E-state index contributed by atoms with van der Waals surface area (Å²) >= 11 is 0. The minimum atomic E-state index is -0.0290. The van der Waals surface area contributed by atoms with Gasteiger partial charge in [0.15, 0.2) is 5.82 Å². The van der Waals surface area contributed by atoms with Crippen molar-refractivity contribution in [2.75, 3.05) is 18.4 Å². The lowest BCUT2D eigenvalue weighted by atomic mass is 10.1. The van der Waals surface area contributed by atoms with Gasteiger partial charge in [-0.15, -0.1) is 0 Å². The van der Waals surface area contributed by atoms with E-state index in [1.165, 1.54) is 0 Å². The van der Waals surface area contributed by atoms with Crippen LogP contribution in [0.2, 0.25) is 0 Å². The summed E-state index contributed by atoms with van der Waals surface area (Å²) in [6, 6.07) is 5.73. The predicted molar refractivity (Wildman–Crippen MR) is 92.2 cm³/mol. The number of pyridine rings is 1. The molecule has 2 aliphatic rings. The van der Waals surface area contributed by atoms with Crippen molar-refractivity contribution in [1.82, 2.24) is 19.7 Å². The molecule has 2 unspecified atom stereocenters. The third kappa shape index (κ3) is 2.37. The first-order valence-electron chi connectivity index (χ1n) is 8.42. The van der Waals surface area contributed by atoms with E-state index in [1.54, 1.807) is 10.9 Å². The second-order valence-corrected chi connectivity index (χ2v) is 7.61. The minimum absolute atomic E-state index is 0.0290. The van der Waals surface area contributed by atoms with E-state index in [-0.39, 0.29) is 6.03 Å². The van der Waals surface area contributed by atoms with Gasteiger partial charge < -0.3 is 10.2 Å². The van der Waals surface area contributed by atoms with Gasteiger partial charge in [0.2, 0.25) is 0 Å². The number of amides is 2. The molecule has 2 aromatic heterocycles. The molecule has 0 aromatic carbocycles. The molecule has 2 amide bonds. The van der Waals surface area contributed by atoms with Crippen molar-refractivity contribution in [2.24, 2.45) is 17.3 Å². The zero-order valence-corrected chi connectivity index (χ0v) is 14.6. The van der Waals surface area contributed by atoms with Crippen LogP contribution in [0.15, 0.2) is 24.4 Å². The molecule has 0 bridgehead atoms. The second-order valence-electron chi connectivity index (χ2n) is 7.61. The Bertz CT molecular complexity index is 778.